The maximum absolute atomic E-state index is 6.92. The molecule has 0 saturated carbocycles. The van der Waals surface area contributed by atoms with Gasteiger partial charge in [0.15, 0.2) is 0 Å². The van der Waals surface area contributed by atoms with Crippen molar-refractivity contribution >= 4 is 18.9 Å². The molecule has 0 aliphatic rings. The van der Waals surface area contributed by atoms with Crippen molar-refractivity contribution in [1.29, 1.82) is 0 Å². The molecule has 0 N–H and O–H groups in total. The van der Waals surface area contributed by atoms with E-state index in [9.17, 15) is 0 Å². The molecule has 0 aliphatic carbocycles. The van der Waals surface area contributed by atoms with Crippen LogP contribution in [0.15, 0.2) is 0 Å². The van der Waals surface area contributed by atoms with E-state index in [1.807, 2.05) is 0 Å². The van der Waals surface area contributed by atoms with Crippen molar-refractivity contribution in [3.05, 3.63) is 0 Å². The molecule has 3 nitrogen and oxygen atoms in total. The first-order chi connectivity index (χ1) is 6.98. The van der Waals surface area contributed by atoms with Crippen LogP contribution < -0.4 is 0 Å². The summed E-state index contributed by atoms with van der Waals surface area (Å²) in [5.41, 5.74) is 0. The molecule has 15 heavy (non-hydrogen) atoms. The van der Waals surface area contributed by atoms with Gasteiger partial charge in [0, 0.05) is 0 Å². The molecule has 0 spiro atoms. The van der Waals surface area contributed by atoms with Gasteiger partial charge in [-0.15, -0.1) is 11.1 Å². The Morgan fingerprint density at radius 1 is 0.800 bits per heavy atom. The van der Waals surface area contributed by atoms with Crippen LogP contribution in [0, 0.1) is 0 Å². The van der Waals surface area contributed by atoms with Gasteiger partial charge in [-0.05, 0) is 40.3 Å². The summed E-state index contributed by atoms with van der Waals surface area (Å²) in [6.45, 7) is 12.8. The van der Waals surface area contributed by atoms with Crippen LogP contribution in [0.1, 0.15) is 27.7 Å². The Bertz CT molecular complexity index is 158. The standard InChI is InChI=1S/C10H26ClN3Si/c1-7-13(8-2)15(11,12(5)6)14(9-3)10-4/h7-10H2,1-6H3. The van der Waals surface area contributed by atoms with Crippen molar-refractivity contribution in [2.24, 2.45) is 0 Å². The van der Waals surface area contributed by atoms with Crippen molar-refractivity contribution in [2.45, 2.75) is 27.7 Å². The van der Waals surface area contributed by atoms with Gasteiger partial charge in [-0.1, -0.05) is 27.7 Å². The van der Waals surface area contributed by atoms with Crippen LogP contribution in [0.2, 0.25) is 0 Å². The summed E-state index contributed by atoms with van der Waals surface area (Å²) in [4.78, 5) is 0. The SMILES string of the molecule is CCN(CC)[Si](Cl)(N(C)C)N(CC)CC. The summed E-state index contributed by atoms with van der Waals surface area (Å²) >= 11 is 6.92. The first-order valence-electron chi connectivity index (χ1n) is 5.85. The highest BCUT2D eigenvalue weighted by Gasteiger charge is 2.45. The van der Waals surface area contributed by atoms with Crippen molar-refractivity contribution in [2.75, 3.05) is 40.3 Å². The quantitative estimate of drug-likeness (QED) is 0.506. The van der Waals surface area contributed by atoms with Gasteiger partial charge in [0.2, 0.25) is 0 Å². The normalized spacial score (nSPS) is 13.2. The predicted molar refractivity (Wildman–Crippen MR) is 71.1 cm³/mol. The third kappa shape index (κ3) is 3.17. The van der Waals surface area contributed by atoms with E-state index in [0.29, 0.717) is 0 Å². The summed E-state index contributed by atoms with van der Waals surface area (Å²) in [5, 5.41) is 0. The van der Waals surface area contributed by atoms with Crippen LogP contribution in [-0.2, 0) is 0 Å². The van der Waals surface area contributed by atoms with E-state index >= 15 is 0 Å². The summed E-state index contributed by atoms with van der Waals surface area (Å²) in [6.07, 6.45) is 0. The molecule has 0 aromatic rings. The van der Waals surface area contributed by atoms with Gasteiger partial charge in [0.25, 0.3) is 0 Å². The second-order valence-corrected chi connectivity index (χ2v) is 8.58. The van der Waals surface area contributed by atoms with E-state index in [1.165, 1.54) is 0 Å². The summed E-state index contributed by atoms with van der Waals surface area (Å²) in [5.74, 6) is 0. The number of rotatable bonds is 7. The Kier molecular flexibility index (Phi) is 7.04. The minimum atomic E-state index is -2.11. The zero-order valence-corrected chi connectivity index (χ0v) is 12.8. The second-order valence-electron chi connectivity index (χ2n) is 3.79. The highest BCUT2D eigenvalue weighted by atomic mass is 35.6. The van der Waals surface area contributed by atoms with Crippen LogP contribution in [0.5, 0.6) is 0 Å². The second kappa shape index (κ2) is 6.86. The third-order valence-corrected chi connectivity index (χ3v) is 9.36. The molecule has 0 heterocycles. The molecule has 0 bridgehead atoms. The molecule has 0 saturated heterocycles. The van der Waals surface area contributed by atoms with Crippen LogP contribution >= 0.6 is 11.1 Å². The fraction of sp³-hybridized carbons (Fsp3) is 1.00. The average Bonchev–Trinajstić information content (AvgIpc) is 2.21. The fourth-order valence-electron chi connectivity index (χ4n) is 2.02. The molecule has 0 aromatic carbocycles. The lowest BCUT2D eigenvalue weighted by Crippen LogP contribution is -2.69. The van der Waals surface area contributed by atoms with E-state index in [4.69, 9.17) is 11.1 Å². The van der Waals surface area contributed by atoms with Gasteiger partial charge in [-0.25, -0.2) is 0 Å². The average molecular weight is 252 g/mol. The number of halogens is 1. The van der Waals surface area contributed by atoms with Crippen molar-refractivity contribution in [3.8, 4) is 0 Å². The number of nitrogens with zero attached hydrogens (tertiary/aromatic N) is 3. The lowest BCUT2D eigenvalue weighted by molar-refractivity contribution is 0.313. The number of hydrogen-bond donors (Lipinski definition) is 0. The van der Waals surface area contributed by atoms with Gasteiger partial charge in [0.05, 0.1) is 0 Å². The molecule has 0 aromatic heterocycles. The van der Waals surface area contributed by atoms with Gasteiger partial charge in [0.1, 0.15) is 0 Å². The van der Waals surface area contributed by atoms with E-state index in [0.717, 1.165) is 26.2 Å². The third-order valence-electron chi connectivity index (χ3n) is 2.90. The number of hydrogen-bond acceptors (Lipinski definition) is 3. The van der Waals surface area contributed by atoms with Gasteiger partial charge >= 0.3 is 7.87 Å². The summed E-state index contributed by atoms with van der Waals surface area (Å²) in [6, 6.07) is 0. The van der Waals surface area contributed by atoms with Gasteiger partial charge < -0.3 is 0 Å². The smallest absolute Gasteiger partial charge is 0.293 e. The molecular weight excluding hydrogens is 226 g/mol. The Morgan fingerprint density at radius 2 is 1.07 bits per heavy atom. The predicted octanol–water partition coefficient (Wildman–Crippen LogP) is 1.91. The molecule has 0 radical (unpaired) electrons. The lowest BCUT2D eigenvalue weighted by Gasteiger charge is -2.46. The molecule has 5 heteroatoms. The highest BCUT2D eigenvalue weighted by molar-refractivity contribution is 7.15. The van der Waals surface area contributed by atoms with E-state index in [2.05, 4.69) is 55.5 Å². The van der Waals surface area contributed by atoms with Crippen LogP contribution in [-0.4, -0.2) is 61.8 Å². The van der Waals surface area contributed by atoms with E-state index in [-0.39, 0.29) is 0 Å². The molecule has 0 rings (SSSR count). The van der Waals surface area contributed by atoms with Gasteiger partial charge in [-0.2, -0.15) is 0 Å². The van der Waals surface area contributed by atoms with Crippen molar-refractivity contribution < 1.29 is 0 Å². The maximum atomic E-state index is 6.92. The minimum absolute atomic E-state index is 1.01. The van der Waals surface area contributed by atoms with Crippen LogP contribution in [0.4, 0.5) is 0 Å². The van der Waals surface area contributed by atoms with Crippen LogP contribution in [0.3, 0.4) is 0 Å². The fourth-order valence-corrected chi connectivity index (χ4v) is 6.59. The molecule has 0 amide bonds. The Hall–Kier alpha value is 0.387. The highest BCUT2D eigenvalue weighted by Crippen LogP contribution is 2.22. The largest absolute Gasteiger partial charge is 0.392 e. The lowest BCUT2D eigenvalue weighted by atomic mass is 10.7. The maximum Gasteiger partial charge on any atom is 0.392 e. The molecule has 0 aliphatic heterocycles. The monoisotopic (exact) mass is 251 g/mol. The molecular formula is C10H26ClN3Si. The molecule has 0 fully saturated rings. The van der Waals surface area contributed by atoms with E-state index in [1.54, 1.807) is 0 Å². The zero-order chi connectivity index (χ0) is 12.1. The topological polar surface area (TPSA) is 9.72 Å². The minimum Gasteiger partial charge on any atom is -0.293 e. The summed E-state index contributed by atoms with van der Waals surface area (Å²) < 4.78 is 7.03. The van der Waals surface area contributed by atoms with Gasteiger partial charge in [-0.3, -0.25) is 13.7 Å². The zero-order valence-electron chi connectivity index (χ0n) is 11.0. The van der Waals surface area contributed by atoms with Crippen molar-refractivity contribution in [3.63, 3.8) is 0 Å². The molecule has 0 unspecified atom stereocenters. The first-order valence-corrected chi connectivity index (χ1v) is 8.70. The molecule has 92 valence electrons. The van der Waals surface area contributed by atoms with Crippen LogP contribution in [0.25, 0.3) is 0 Å². The summed E-state index contributed by atoms with van der Waals surface area (Å²) in [7, 11) is 2.07. The molecule has 0 atom stereocenters. The Labute approximate surface area is 101 Å². The first kappa shape index (κ1) is 15.4. The van der Waals surface area contributed by atoms with Crippen molar-refractivity contribution in [1.82, 2.24) is 13.7 Å². The van der Waals surface area contributed by atoms with E-state index < -0.39 is 7.87 Å². The Balaban J connectivity index is 5.01. The Morgan fingerprint density at radius 3 is 1.20 bits per heavy atom.